The molecule has 28 heavy (non-hydrogen) atoms. The van der Waals surface area contributed by atoms with E-state index in [1.54, 1.807) is 0 Å². The van der Waals surface area contributed by atoms with E-state index >= 15 is 0 Å². The Labute approximate surface area is 153 Å². The van der Waals surface area contributed by atoms with E-state index in [1.807, 2.05) is 0 Å². The third kappa shape index (κ3) is 2.67. The lowest BCUT2D eigenvalue weighted by Crippen LogP contribution is -2.16. The van der Waals surface area contributed by atoms with Crippen molar-refractivity contribution in [2.24, 2.45) is 0 Å². The predicted octanol–water partition coefficient (Wildman–Crippen LogP) is 5.65. The predicted molar refractivity (Wildman–Crippen MR) is 85.6 cm³/mol. The molecule has 138 valence electrons. The quantitative estimate of drug-likeness (QED) is 0.369. The molecule has 0 spiro atoms. The van der Waals surface area contributed by atoms with Crippen LogP contribution in [0.15, 0.2) is 30.3 Å². The Balaban J connectivity index is 2.87. The van der Waals surface area contributed by atoms with Crippen molar-refractivity contribution in [3.05, 3.63) is 58.1 Å². The molecule has 0 saturated heterocycles. The molecule has 3 aromatic carbocycles. The van der Waals surface area contributed by atoms with Crippen molar-refractivity contribution in [2.45, 2.75) is 12.4 Å². The van der Waals surface area contributed by atoms with Gasteiger partial charge in [-0.2, -0.15) is 42.1 Å². The van der Waals surface area contributed by atoms with Gasteiger partial charge in [0.2, 0.25) is 0 Å². The van der Waals surface area contributed by atoms with Crippen molar-refractivity contribution in [2.75, 3.05) is 0 Å². The maximum atomic E-state index is 13.9. The number of fused-ring (bicyclic) bond motifs is 2. The number of alkyl halides is 6. The number of nitrogens with zero attached hydrogens (tertiary/aromatic N) is 3. The molecule has 9 heteroatoms. The lowest BCUT2D eigenvalue weighted by atomic mass is 9.85. The van der Waals surface area contributed by atoms with Crippen LogP contribution in [0.25, 0.3) is 21.5 Å². The van der Waals surface area contributed by atoms with Crippen molar-refractivity contribution in [1.29, 1.82) is 15.8 Å². The first-order valence-electron chi connectivity index (χ1n) is 7.46. The monoisotopic (exact) mass is 389 g/mol. The van der Waals surface area contributed by atoms with Gasteiger partial charge in [-0.25, -0.2) is 0 Å². The summed E-state index contributed by atoms with van der Waals surface area (Å²) < 4.78 is 82.9. The molecule has 3 aromatic rings. The Bertz CT molecular complexity index is 1260. The molecule has 0 bridgehead atoms. The van der Waals surface area contributed by atoms with E-state index in [-0.39, 0.29) is 5.39 Å². The molecular weight excluding hydrogens is 384 g/mol. The largest absolute Gasteiger partial charge is 0.418 e. The van der Waals surface area contributed by atoms with Gasteiger partial charge >= 0.3 is 12.4 Å². The van der Waals surface area contributed by atoms with Gasteiger partial charge in [0.25, 0.3) is 0 Å². The summed E-state index contributed by atoms with van der Waals surface area (Å²) in [5.74, 6) is 0. The molecule has 0 aromatic heterocycles. The van der Waals surface area contributed by atoms with Gasteiger partial charge in [0.15, 0.2) is 0 Å². The third-order valence-corrected chi connectivity index (χ3v) is 4.22. The number of hydrogen-bond donors (Lipinski definition) is 0. The summed E-state index contributed by atoms with van der Waals surface area (Å²) in [7, 11) is 0. The minimum absolute atomic E-state index is 0.0550. The fourth-order valence-electron chi connectivity index (χ4n) is 3.23. The van der Waals surface area contributed by atoms with Crippen molar-refractivity contribution >= 4 is 21.5 Å². The standard InChI is InChI=1S/C19H5F6N3/c20-18(21,22)16-10-4-2-1-3-9(10)5-11-12(6-26)13(7-27)14(8-28)17(15(11)16)19(23,24)25/h1-5H. The molecule has 0 fully saturated rings. The number of rotatable bonds is 0. The zero-order valence-electron chi connectivity index (χ0n) is 13.5. The van der Waals surface area contributed by atoms with Crippen molar-refractivity contribution < 1.29 is 26.3 Å². The lowest BCUT2D eigenvalue weighted by molar-refractivity contribution is -0.139. The van der Waals surface area contributed by atoms with Crippen molar-refractivity contribution in [1.82, 2.24) is 0 Å². The minimum atomic E-state index is -5.37. The van der Waals surface area contributed by atoms with Crippen LogP contribution in [0.2, 0.25) is 0 Å². The number of nitriles is 3. The van der Waals surface area contributed by atoms with Crippen LogP contribution >= 0.6 is 0 Å². The smallest absolute Gasteiger partial charge is 0.192 e. The summed E-state index contributed by atoms with van der Waals surface area (Å²) in [4.78, 5) is 0. The van der Waals surface area contributed by atoms with Crippen LogP contribution in [0.1, 0.15) is 27.8 Å². The van der Waals surface area contributed by atoms with Crippen LogP contribution in [0.5, 0.6) is 0 Å². The van der Waals surface area contributed by atoms with Gasteiger partial charge in [-0.3, -0.25) is 0 Å². The highest BCUT2D eigenvalue weighted by Gasteiger charge is 2.44. The van der Waals surface area contributed by atoms with Gasteiger partial charge < -0.3 is 0 Å². The van der Waals surface area contributed by atoms with Gasteiger partial charge in [-0.1, -0.05) is 24.3 Å². The first kappa shape index (κ1) is 19.0. The number of benzene rings is 3. The van der Waals surface area contributed by atoms with E-state index in [4.69, 9.17) is 0 Å². The molecule has 0 aliphatic rings. The molecule has 0 atom stereocenters. The Morgan fingerprint density at radius 1 is 0.643 bits per heavy atom. The molecule has 0 N–H and O–H groups in total. The first-order valence-corrected chi connectivity index (χ1v) is 7.46. The minimum Gasteiger partial charge on any atom is -0.192 e. The molecular formula is C19H5F6N3. The average molecular weight is 389 g/mol. The molecule has 0 aliphatic carbocycles. The summed E-state index contributed by atoms with van der Waals surface area (Å²) >= 11 is 0. The molecule has 0 radical (unpaired) electrons. The Morgan fingerprint density at radius 3 is 1.68 bits per heavy atom. The second kappa shape index (κ2) is 6.14. The van der Waals surface area contributed by atoms with Crippen LogP contribution < -0.4 is 0 Å². The zero-order valence-corrected chi connectivity index (χ0v) is 13.5. The van der Waals surface area contributed by atoms with Crippen LogP contribution in [-0.4, -0.2) is 0 Å². The summed E-state index contributed by atoms with van der Waals surface area (Å²) in [6.07, 6.45) is -10.6. The van der Waals surface area contributed by atoms with Gasteiger partial charge in [0, 0.05) is 10.8 Å². The van der Waals surface area contributed by atoms with E-state index in [0.717, 1.165) is 18.2 Å². The fourth-order valence-corrected chi connectivity index (χ4v) is 3.23. The molecule has 3 rings (SSSR count). The maximum Gasteiger partial charge on any atom is 0.418 e. The zero-order chi connectivity index (χ0) is 20.9. The molecule has 0 aliphatic heterocycles. The lowest BCUT2D eigenvalue weighted by Gasteiger charge is -2.21. The molecule has 0 saturated carbocycles. The molecule has 0 amide bonds. The molecule has 3 nitrogen and oxygen atoms in total. The first-order chi connectivity index (χ1) is 13.1. The van der Waals surface area contributed by atoms with Gasteiger partial charge in [-0.15, -0.1) is 0 Å². The van der Waals surface area contributed by atoms with Crippen molar-refractivity contribution in [3.63, 3.8) is 0 Å². The highest BCUT2D eigenvalue weighted by atomic mass is 19.4. The van der Waals surface area contributed by atoms with Crippen LogP contribution in [-0.2, 0) is 12.4 Å². The topological polar surface area (TPSA) is 71.4 Å². The van der Waals surface area contributed by atoms with Gasteiger partial charge in [0.1, 0.15) is 18.2 Å². The molecule has 0 heterocycles. The van der Waals surface area contributed by atoms with E-state index in [9.17, 15) is 42.1 Å². The second-order valence-electron chi connectivity index (χ2n) is 5.73. The van der Waals surface area contributed by atoms with E-state index in [1.165, 1.54) is 30.3 Å². The highest BCUT2D eigenvalue weighted by molar-refractivity contribution is 6.08. The second-order valence-corrected chi connectivity index (χ2v) is 5.73. The average Bonchev–Trinajstić information content (AvgIpc) is 2.61. The van der Waals surface area contributed by atoms with Gasteiger partial charge in [-0.05, 0) is 16.8 Å². The normalized spacial score (nSPS) is 11.8. The van der Waals surface area contributed by atoms with Gasteiger partial charge in [0.05, 0.1) is 27.8 Å². The van der Waals surface area contributed by atoms with Crippen LogP contribution in [0, 0.1) is 34.0 Å². The molecule has 0 unspecified atom stereocenters. The summed E-state index contributed by atoms with van der Waals surface area (Å²) in [5, 5.41) is 25.2. The summed E-state index contributed by atoms with van der Waals surface area (Å²) in [6.45, 7) is 0. The van der Waals surface area contributed by atoms with E-state index < -0.39 is 56.3 Å². The number of hydrogen-bond acceptors (Lipinski definition) is 3. The summed E-state index contributed by atoms with van der Waals surface area (Å²) in [6, 6.07) is 9.86. The number of halogens is 6. The third-order valence-electron chi connectivity index (χ3n) is 4.22. The SMILES string of the molecule is N#Cc1c(C#N)c(C(F)(F)F)c2c(C(F)(F)F)c3ccccc3cc2c1C#N. The fraction of sp³-hybridized carbons (Fsp3) is 0.105. The Hall–Kier alpha value is -3.77. The highest BCUT2D eigenvalue weighted by Crippen LogP contribution is 2.48. The van der Waals surface area contributed by atoms with E-state index in [2.05, 4.69) is 0 Å². The summed E-state index contributed by atoms with van der Waals surface area (Å²) in [5.41, 5.74) is -6.41. The Morgan fingerprint density at radius 2 is 1.18 bits per heavy atom. The van der Waals surface area contributed by atoms with Crippen LogP contribution in [0.3, 0.4) is 0 Å². The maximum absolute atomic E-state index is 13.9. The Kier molecular flexibility index (Phi) is 4.17. The van der Waals surface area contributed by atoms with Crippen LogP contribution in [0.4, 0.5) is 26.3 Å². The van der Waals surface area contributed by atoms with E-state index in [0.29, 0.717) is 0 Å². The van der Waals surface area contributed by atoms with Crippen molar-refractivity contribution in [3.8, 4) is 18.2 Å².